The smallest absolute Gasteiger partial charge is 0.412 e. The van der Waals surface area contributed by atoms with E-state index in [1.807, 2.05) is 75.5 Å². The van der Waals surface area contributed by atoms with Crippen LogP contribution in [0.25, 0.3) is 39.0 Å². The summed E-state index contributed by atoms with van der Waals surface area (Å²) in [5.74, 6) is -0.393. The highest BCUT2D eigenvalue weighted by Gasteiger charge is 2.18. The van der Waals surface area contributed by atoms with Gasteiger partial charge in [0.15, 0.2) is 0 Å². The van der Waals surface area contributed by atoms with Crippen LogP contribution in [0, 0.1) is 0 Å². The zero-order chi connectivity index (χ0) is 31.3. The summed E-state index contributed by atoms with van der Waals surface area (Å²) < 4.78 is 11.9. The number of rotatable bonds is 9. The van der Waals surface area contributed by atoms with Crippen molar-refractivity contribution in [3.05, 3.63) is 84.2 Å². The molecule has 2 heterocycles. The Morgan fingerprint density at radius 3 is 2.25 bits per heavy atom. The molecule has 0 saturated heterocycles. The molecule has 0 aliphatic heterocycles. The first kappa shape index (κ1) is 30.3. The van der Waals surface area contributed by atoms with Gasteiger partial charge in [-0.05, 0) is 81.1 Å². The lowest BCUT2D eigenvalue weighted by atomic mass is 10.0. The summed E-state index contributed by atoms with van der Waals surface area (Å²) in [6.45, 7) is 7.65. The molecule has 1 N–H and O–H groups in total. The number of hydrogen-bond acceptors (Lipinski definition) is 8. The number of carbonyl (C=O) groups excluding carboxylic acids is 2. The van der Waals surface area contributed by atoms with E-state index in [-0.39, 0.29) is 0 Å². The van der Waals surface area contributed by atoms with Gasteiger partial charge >= 0.3 is 12.1 Å². The number of amides is 1. The molecule has 3 aromatic carbocycles. The molecule has 0 radical (unpaired) electrons. The molecule has 0 fully saturated rings. The first-order valence-electron chi connectivity index (χ1n) is 14.7. The number of nitrogens with one attached hydrogen (secondary N) is 1. The molecular weight excluding hydrogens is 556 g/mol. The minimum atomic E-state index is -0.578. The van der Waals surface area contributed by atoms with E-state index in [0.717, 1.165) is 64.7 Å². The molecular formula is C34H36N6O4. The molecule has 1 amide bonds. The number of unbranched alkanes of at least 4 members (excludes halogenated alkanes) is 2. The molecule has 10 nitrogen and oxygen atoms in total. The van der Waals surface area contributed by atoms with E-state index >= 15 is 0 Å². The van der Waals surface area contributed by atoms with Crippen LogP contribution in [0.1, 0.15) is 63.0 Å². The highest BCUT2D eigenvalue weighted by molar-refractivity contribution is 5.92. The number of carbonyl (C=O) groups is 2. The van der Waals surface area contributed by atoms with E-state index in [1.54, 1.807) is 16.8 Å². The van der Waals surface area contributed by atoms with E-state index < -0.39 is 17.7 Å². The van der Waals surface area contributed by atoms with Crippen molar-refractivity contribution in [1.29, 1.82) is 0 Å². The van der Waals surface area contributed by atoms with Gasteiger partial charge < -0.3 is 9.47 Å². The van der Waals surface area contributed by atoms with Gasteiger partial charge in [-0.25, -0.2) is 14.3 Å². The van der Waals surface area contributed by atoms with E-state index in [0.29, 0.717) is 16.9 Å². The maximum Gasteiger partial charge on any atom is 0.412 e. The first-order valence-corrected chi connectivity index (χ1v) is 14.7. The third-order valence-corrected chi connectivity index (χ3v) is 7.01. The van der Waals surface area contributed by atoms with Crippen molar-refractivity contribution in [2.24, 2.45) is 0 Å². The van der Waals surface area contributed by atoms with Crippen LogP contribution in [0.3, 0.4) is 0 Å². The molecule has 44 heavy (non-hydrogen) atoms. The molecule has 0 aliphatic carbocycles. The summed E-state index contributed by atoms with van der Waals surface area (Å²) in [5, 5.41) is 21.8. The monoisotopic (exact) mass is 592 g/mol. The van der Waals surface area contributed by atoms with Crippen LogP contribution in [0.5, 0.6) is 0 Å². The fraction of sp³-hybridized carbons (Fsp3) is 0.294. The standard InChI is InChI=1S/C34H36N6O4/c1-6-7-8-9-29-31(40-21-30(38-39-40)23-10-12-24(13-11-23)32(41)43-5)27-20-25(16-19-28(27)36-37-29)22-14-17-26(18-15-22)35-33(42)44-34(2,3)4/h10-21H,6-9H2,1-5H3,(H,35,42). The number of ether oxygens (including phenoxy) is 2. The fourth-order valence-corrected chi connectivity index (χ4v) is 4.84. The van der Waals surface area contributed by atoms with Crippen molar-refractivity contribution >= 4 is 28.7 Å². The van der Waals surface area contributed by atoms with Crippen molar-refractivity contribution in [2.75, 3.05) is 12.4 Å². The van der Waals surface area contributed by atoms with Gasteiger partial charge in [0, 0.05) is 16.6 Å². The van der Waals surface area contributed by atoms with Crippen LogP contribution in [-0.2, 0) is 15.9 Å². The van der Waals surface area contributed by atoms with Crippen LogP contribution in [-0.4, -0.2) is 50.0 Å². The lowest BCUT2D eigenvalue weighted by molar-refractivity contribution is 0.0598. The second-order valence-electron chi connectivity index (χ2n) is 11.5. The Balaban J connectivity index is 1.50. The molecule has 0 saturated carbocycles. The number of nitrogens with zero attached hydrogens (tertiary/aromatic N) is 5. The van der Waals surface area contributed by atoms with Crippen molar-refractivity contribution in [3.63, 3.8) is 0 Å². The summed E-state index contributed by atoms with van der Waals surface area (Å²) in [7, 11) is 1.36. The predicted octanol–water partition coefficient (Wildman–Crippen LogP) is 7.41. The average Bonchev–Trinajstić information content (AvgIpc) is 3.50. The van der Waals surface area contributed by atoms with Gasteiger partial charge in [-0.2, -0.15) is 10.2 Å². The zero-order valence-electron chi connectivity index (χ0n) is 25.6. The summed E-state index contributed by atoms with van der Waals surface area (Å²) in [5.41, 5.74) is 6.39. The second kappa shape index (κ2) is 13.0. The van der Waals surface area contributed by atoms with Gasteiger partial charge in [0.05, 0.1) is 35.8 Å². The van der Waals surface area contributed by atoms with Crippen molar-refractivity contribution < 1.29 is 19.1 Å². The van der Waals surface area contributed by atoms with Crippen LogP contribution in [0.2, 0.25) is 0 Å². The predicted molar refractivity (Wildman–Crippen MR) is 170 cm³/mol. The molecule has 226 valence electrons. The number of aryl methyl sites for hydroxylation is 1. The fourth-order valence-electron chi connectivity index (χ4n) is 4.84. The van der Waals surface area contributed by atoms with Gasteiger partial charge in [0.1, 0.15) is 11.3 Å². The number of fused-ring (bicyclic) bond motifs is 1. The van der Waals surface area contributed by atoms with Gasteiger partial charge in [-0.3, -0.25) is 5.32 Å². The Labute approximate surface area is 256 Å². The Morgan fingerprint density at radius 2 is 1.57 bits per heavy atom. The topological polar surface area (TPSA) is 121 Å². The van der Waals surface area contributed by atoms with Crippen LogP contribution in [0.15, 0.2) is 72.9 Å². The molecule has 0 bridgehead atoms. The minimum Gasteiger partial charge on any atom is -0.465 e. The number of esters is 1. The molecule has 10 heteroatoms. The highest BCUT2D eigenvalue weighted by Crippen LogP contribution is 2.31. The number of hydrogen-bond donors (Lipinski definition) is 1. The molecule has 0 unspecified atom stereocenters. The summed E-state index contributed by atoms with van der Waals surface area (Å²) in [6.07, 6.45) is 5.28. The molecule has 0 aliphatic rings. The van der Waals surface area contributed by atoms with E-state index in [4.69, 9.17) is 9.47 Å². The minimum absolute atomic E-state index is 0.393. The molecule has 0 atom stereocenters. The van der Waals surface area contributed by atoms with Crippen molar-refractivity contribution in [1.82, 2.24) is 25.2 Å². The largest absolute Gasteiger partial charge is 0.465 e. The SMILES string of the molecule is CCCCCc1nnc2ccc(-c3ccc(NC(=O)OC(C)(C)C)cc3)cc2c1-n1cc(-c2ccc(C(=O)OC)cc2)nn1. The molecule has 5 rings (SSSR count). The lowest BCUT2D eigenvalue weighted by Crippen LogP contribution is -2.27. The summed E-state index contributed by atoms with van der Waals surface area (Å²) in [6, 6.07) is 20.7. The van der Waals surface area contributed by atoms with Gasteiger partial charge in [0.2, 0.25) is 0 Å². The third-order valence-electron chi connectivity index (χ3n) is 7.01. The van der Waals surface area contributed by atoms with Crippen molar-refractivity contribution in [2.45, 2.75) is 59.0 Å². The number of anilines is 1. The van der Waals surface area contributed by atoms with Crippen LogP contribution >= 0.6 is 0 Å². The molecule has 5 aromatic rings. The first-order chi connectivity index (χ1) is 21.1. The van der Waals surface area contributed by atoms with E-state index in [2.05, 4.69) is 38.8 Å². The normalized spacial score (nSPS) is 11.4. The Morgan fingerprint density at radius 1 is 0.864 bits per heavy atom. The third kappa shape index (κ3) is 7.08. The number of aromatic nitrogens is 5. The van der Waals surface area contributed by atoms with Gasteiger partial charge in [-0.1, -0.05) is 55.3 Å². The molecule has 0 spiro atoms. The summed E-state index contributed by atoms with van der Waals surface area (Å²) in [4.78, 5) is 24.1. The van der Waals surface area contributed by atoms with Crippen molar-refractivity contribution in [3.8, 4) is 28.1 Å². The number of benzene rings is 3. The zero-order valence-corrected chi connectivity index (χ0v) is 25.6. The quantitative estimate of drug-likeness (QED) is 0.139. The van der Waals surface area contributed by atoms with Gasteiger partial charge in [-0.15, -0.1) is 5.10 Å². The lowest BCUT2D eigenvalue weighted by Gasteiger charge is -2.19. The highest BCUT2D eigenvalue weighted by atomic mass is 16.6. The Kier molecular flexibility index (Phi) is 8.99. The Bertz CT molecular complexity index is 1770. The van der Waals surface area contributed by atoms with E-state index in [1.165, 1.54) is 7.11 Å². The van der Waals surface area contributed by atoms with Gasteiger partial charge in [0.25, 0.3) is 0 Å². The second-order valence-corrected chi connectivity index (χ2v) is 11.5. The van der Waals surface area contributed by atoms with E-state index in [9.17, 15) is 9.59 Å². The maximum absolute atomic E-state index is 12.2. The maximum atomic E-state index is 12.2. The average molecular weight is 593 g/mol. The Hall–Kier alpha value is -5.12. The van der Waals surface area contributed by atoms with Crippen LogP contribution in [0.4, 0.5) is 10.5 Å². The van der Waals surface area contributed by atoms with Crippen LogP contribution < -0.4 is 5.32 Å². The summed E-state index contributed by atoms with van der Waals surface area (Å²) >= 11 is 0. The number of methoxy groups -OCH3 is 1. The molecule has 2 aromatic heterocycles.